The Hall–Kier alpha value is -2.86. The largest absolute Gasteiger partial charge is 0.454 e. The zero-order valence-electron chi connectivity index (χ0n) is 15.8. The highest BCUT2D eigenvalue weighted by Gasteiger charge is 2.26. The lowest BCUT2D eigenvalue weighted by Gasteiger charge is -2.20. The molecule has 148 valence electrons. The first-order valence-corrected chi connectivity index (χ1v) is 9.28. The van der Waals surface area contributed by atoms with Crippen LogP contribution in [0.4, 0.5) is 0 Å². The highest BCUT2D eigenvalue weighted by molar-refractivity contribution is 6.30. The molecule has 28 heavy (non-hydrogen) atoms. The van der Waals surface area contributed by atoms with Crippen LogP contribution in [0, 0.1) is 5.92 Å². The summed E-state index contributed by atoms with van der Waals surface area (Å²) in [5.41, 5.74) is 1.32. The second kappa shape index (κ2) is 10.5. The molecule has 0 spiro atoms. The fraction of sp³-hybridized carbons (Fsp3) is 0.286. The molecule has 0 bridgehead atoms. The zero-order valence-corrected chi connectivity index (χ0v) is 16.5. The molecule has 1 atom stereocenters. The van der Waals surface area contributed by atoms with Crippen LogP contribution in [-0.4, -0.2) is 30.4 Å². The van der Waals surface area contributed by atoms with Gasteiger partial charge in [-0.25, -0.2) is 4.79 Å². The minimum absolute atomic E-state index is 0.197. The topological polar surface area (TPSA) is 84.5 Å². The molecule has 7 heteroatoms. The van der Waals surface area contributed by atoms with Gasteiger partial charge in [-0.3, -0.25) is 9.59 Å². The van der Waals surface area contributed by atoms with Gasteiger partial charge >= 0.3 is 5.97 Å². The molecule has 0 radical (unpaired) electrons. The first kappa shape index (κ1) is 21.4. The van der Waals surface area contributed by atoms with Gasteiger partial charge in [-0.05, 0) is 35.7 Å². The second-order valence-electron chi connectivity index (χ2n) is 6.57. The van der Waals surface area contributed by atoms with Gasteiger partial charge in [0.15, 0.2) is 6.61 Å². The van der Waals surface area contributed by atoms with Crippen molar-refractivity contribution < 1.29 is 19.1 Å². The van der Waals surface area contributed by atoms with Gasteiger partial charge in [-0.2, -0.15) is 0 Å². The van der Waals surface area contributed by atoms with E-state index in [1.807, 2.05) is 0 Å². The number of carbonyl (C=O) groups is 3. The molecule has 0 saturated heterocycles. The molecule has 6 nitrogen and oxygen atoms in total. The van der Waals surface area contributed by atoms with E-state index in [1.165, 1.54) is 0 Å². The fourth-order valence-corrected chi connectivity index (χ4v) is 2.52. The van der Waals surface area contributed by atoms with Crippen molar-refractivity contribution in [3.8, 4) is 0 Å². The quantitative estimate of drug-likeness (QED) is 0.665. The third kappa shape index (κ3) is 6.70. The number of carbonyl (C=O) groups excluding carboxylic acids is 3. The molecule has 0 aliphatic heterocycles. The van der Waals surface area contributed by atoms with E-state index in [1.54, 1.807) is 68.4 Å². The van der Waals surface area contributed by atoms with Gasteiger partial charge in [0.1, 0.15) is 6.04 Å². The highest BCUT2D eigenvalue weighted by atomic mass is 35.5. The first-order chi connectivity index (χ1) is 13.4. The number of amides is 2. The number of halogens is 1. The van der Waals surface area contributed by atoms with Crippen molar-refractivity contribution in [2.24, 2.45) is 5.92 Å². The van der Waals surface area contributed by atoms with Crippen molar-refractivity contribution in [1.82, 2.24) is 10.6 Å². The Morgan fingerprint density at radius 1 is 1.00 bits per heavy atom. The van der Waals surface area contributed by atoms with Crippen molar-refractivity contribution in [2.75, 3.05) is 6.61 Å². The molecule has 2 amide bonds. The first-order valence-electron chi connectivity index (χ1n) is 8.90. The average Bonchev–Trinajstić information content (AvgIpc) is 2.70. The maximum Gasteiger partial charge on any atom is 0.329 e. The lowest BCUT2D eigenvalue weighted by molar-refractivity contribution is -0.151. The Balaban J connectivity index is 1.83. The summed E-state index contributed by atoms with van der Waals surface area (Å²) in [6.45, 7) is 3.46. The molecular formula is C21H23ClN2O4. The maximum atomic E-state index is 12.3. The molecule has 0 saturated carbocycles. The van der Waals surface area contributed by atoms with E-state index in [4.69, 9.17) is 16.3 Å². The van der Waals surface area contributed by atoms with E-state index in [9.17, 15) is 14.4 Å². The van der Waals surface area contributed by atoms with Crippen LogP contribution in [0.1, 0.15) is 29.8 Å². The second-order valence-corrected chi connectivity index (χ2v) is 7.01. The summed E-state index contributed by atoms with van der Waals surface area (Å²) < 4.78 is 5.08. The van der Waals surface area contributed by atoms with Crippen LogP contribution in [0.15, 0.2) is 54.6 Å². The molecule has 0 unspecified atom stereocenters. The maximum absolute atomic E-state index is 12.3. The third-order valence-corrected chi connectivity index (χ3v) is 4.24. The predicted molar refractivity (Wildman–Crippen MR) is 107 cm³/mol. The molecular weight excluding hydrogens is 380 g/mol. The summed E-state index contributed by atoms with van der Waals surface area (Å²) in [6.07, 6.45) is 0. The standard InChI is InChI=1S/C21H23ClN2O4/c1-14(2)19(24-20(26)16-6-4-3-5-7-16)21(27)28-13-18(25)23-12-15-8-10-17(22)11-9-15/h3-11,14,19H,12-13H2,1-2H3,(H,23,25)(H,24,26)/t19-/m1/s1. The van der Waals surface area contributed by atoms with Crippen molar-refractivity contribution in [1.29, 1.82) is 0 Å². The average molecular weight is 403 g/mol. The summed E-state index contributed by atoms with van der Waals surface area (Å²) in [6, 6.07) is 14.8. The summed E-state index contributed by atoms with van der Waals surface area (Å²) >= 11 is 5.81. The van der Waals surface area contributed by atoms with Crippen LogP contribution >= 0.6 is 11.6 Å². The smallest absolute Gasteiger partial charge is 0.329 e. The zero-order chi connectivity index (χ0) is 20.5. The van der Waals surface area contributed by atoms with Crippen LogP contribution in [0.3, 0.4) is 0 Å². The molecule has 0 aliphatic carbocycles. The number of hydrogen-bond acceptors (Lipinski definition) is 4. The van der Waals surface area contributed by atoms with Gasteiger partial charge in [0.05, 0.1) is 0 Å². The monoisotopic (exact) mass is 402 g/mol. The van der Waals surface area contributed by atoms with E-state index in [0.717, 1.165) is 5.56 Å². The Morgan fingerprint density at radius 2 is 1.64 bits per heavy atom. The Labute approximate surface area is 169 Å². The van der Waals surface area contributed by atoms with Crippen LogP contribution in [0.25, 0.3) is 0 Å². The molecule has 2 aromatic rings. The van der Waals surface area contributed by atoms with E-state index >= 15 is 0 Å². The van der Waals surface area contributed by atoms with Gasteiger partial charge in [0, 0.05) is 17.1 Å². The molecule has 2 rings (SSSR count). The number of hydrogen-bond donors (Lipinski definition) is 2. The van der Waals surface area contributed by atoms with Crippen molar-refractivity contribution in [3.63, 3.8) is 0 Å². The van der Waals surface area contributed by atoms with Crippen molar-refractivity contribution in [3.05, 3.63) is 70.7 Å². The summed E-state index contributed by atoms with van der Waals surface area (Å²) in [5, 5.41) is 5.94. The Bertz CT molecular complexity index is 807. The van der Waals surface area contributed by atoms with Crippen LogP contribution in [-0.2, 0) is 20.9 Å². The number of ether oxygens (including phenoxy) is 1. The van der Waals surface area contributed by atoms with Crippen molar-refractivity contribution in [2.45, 2.75) is 26.4 Å². The van der Waals surface area contributed by atoms with E-state index < -0.39 is 24.5 Å². The van der Waals surface area contributed by atoms with Crippen molar-refractivity contribution >= 4 is 29.4 Å². The summed E-state index contributed by atoms with van der Waals surface area (Å²) in [5.74, 6) is -1.65. The predicted octanol–water partition coefficient (Wildman–Crippen LogP) is 2.95. The lowest BCUT2D eigenvalue weighted by atomic mass is 10.0. The van der Waals surface area contributed by atoms with E-state index in [-0.39, 0.29) is 11.8 Å². The molecule has 2 aromatic carbocycles. The van der Waals surface area contributed by atoms with Gasteiger partial charge in [-0.1, -0.05) is 55.8 Å². The Morgan fingerprint density at radius 3 is 2.25 bits per heavy atom. The minimum Gasteiger partial charge on any atom is -0.454 e. The van der Waals surface area contributed by atoms with Crippen LogP contribution < -0.4 is 10.6 Å². The molecule has 0 aliphatic rings. The van der Waals surface area contributed by atoms with Gasteiger partial charge < -0.3 is 15.4 Å². The summed E-state index contributed by atoms with van der Waals surface area (Å²) in [7, 11) is 0. The third-order valence-electron chi connectivity index (χ3n) is 3.99. The van der Waals surface area contributed by atoms with Gasteiger partial charge in [-0.15, -0.1) is 0 Å². The van der Waals surface area contributed by atoms with E-state index in [0.29, 0.717) is 17.1 Å². The molecule has 0 heterocycles. The molecule has 0 fully saturated rings. The van der Waals surface area contributed by atoms with Crippen LogP contribution in [0.5, 0.6) is 0 Å². The minimum atomic E-state index is -0.850. The lowest BCUT2D eigenvalue weighted by Crippen LogP contribution is -2.46. The number of esters is 1. The SMILES string of the molecule is CC(C)[C@@H](NC(=O)c1ccccc1)C(=O)OCC(=O)NCc1ccc(Cl)cc1. The van der Waals surface area contributed by atoms with E-state index in [2.05, 4.69) is 10.6 Å². The molecule has 0 aromatic heterocycles. The van der Waals surface area contributed by atoms with Crippen LogP contribution in [0.2, 0.25) is 5.02 Å². The van der Waals surface area contributed by atoms with Gasteiger partial charge in [0.25, 0.3) is 11.8 Å². The normalized spacial score (nSPS) is 11.6. The number of nitrogens with one attached hydrogen (secondary N) is 2. The highest BCUT2D eigenvalue weighted by Crippen LogP contribution is 2.09. The number of rotatable bonds is 8. The van der Waals surface area contributed by atoms with Gasteiger partial charge in [0.2, 0.25) is 0 Å². The summed E-state index contributed by atoms with van der Waals surface area (Å²) in [4.78, 5) is 36.5. The fourth-order valence-electron chi connectivity index (χ4n) is 2.39. The Kier molecular flexibility index (Phi) is 8.02. The molecule has 2 N–H and O–H groups in total. The number of benzene rings is 2.